The first-order valence-electron chi connectivity index (χ1n) is 8.47. The van der Waals surface area contributed by atoms with Gasteiger partial charge in [0.2, 0.25) is 0 Å². The van der Waals surface area contributed by atoms with Gasteiger partial charge >= 0.3 is 0 Å². The Hall–Kier alpha value is -2.62. The van der Waals surface area contributed by atoms with Gasteiger partial charge in [-0.25, -0.2) is 9.97 Å². The van der Waals surface area contributed by atoms with Gasteiger partial charge in [0.25, 0.3) is 0 Å². The number of aromatic nitrogens is 2. The van der Waals surface area contributed by atoms with E-state index in [1.807, 2.05) is 48.5 Å². The van der Waals surface area contributed by atoms with Crippen molar-refractivity contribution >= 4 is 46.4 Å². The third kappa shape index (κ3) is 4.05. The number of aryl methyl sites for hydroxylation is 2. The SMILES string of the molecule is Cc1ccc(Nc2nc(-c3ccc(Cl)cc3)nc3ccccc23)cc1C.Cl. The normalized spacial score (nSPS) is 10.5. The molecule has 3 nitrogen and oxygen atoms in total. The van der Waals surface area contributed by atoms with Gasteiger partial charge in [0.1, 0.15) is 5.82 Å². The molecule has 0 aliphatic heterocycles. The zero-order valence-corrected chi connectivity index (χ0v) is 16.6. The minimum absolute atomic E-state index is 0. The lowest BCUT2D eigenvalue weighted by Gasteiger charge is -2.12. The highest BCUT2D eigenvalue weighted by Gasteiger charge is 2.10. The first-order chi connectivity index (χ1) is 12.6. The van der Waals surface area contributed by atoms with Crippen LogP contribution in [0.1, 0.15) is 11.1 Å². The van der Waals surface area contributed by atoms with Crippen molar-refractivity contribution in [3.8, 4) is 11.4 Å². The second kappa shape index (κ2) is 7.95. The minimum Gasteiger partial charge on any atom is -0.340 e. The van der Waals surface area contributed by atoms with Crippen LogP contribution in [0.4, 0.5) is 11.5 Å². The summed E-state index contributed by atoms with van der Waals surface area (Å²) in [5.41, 5.74) is 5.36. The monoisotopic (exact) mass is 395 g/mol. The number of rotatable bonds is 3. The van der Waals surface area contributed by atoms with Crippen LogP contribution in [0.2, 0.25) is 5.02 Å². The Balaban J connectivity index is 0.00000210. The molecule has 136 valence electrons. The van der Waals surface area contributed by atoms with Crippen LogP contribution in [0.5, 0.6) is 0 Å². The van der Waals surface area contributed by atoms with Crippen LogP contribution in [0.15, 0.2) is 66.7 Å². The molecule has 0 fully saturated rings. The van der Waals surface area contributed by atoms with Crippen LogP contribution in [0.3, 0.4) is 0 Å². The Morgan fingerprint density at radius 2 is 1.56 bits per heavy atom. The van der Waals surface area contributed by atoms with E-state index in [0.29, 0.717) is 10.8 Å². The molecule has 1 aromatic heterocycles. The van der Waals surface area contributed by atoms with Gasteiger partial charge < -0.3 is 5.32 Å². The van der Waals surface area contributed by atoms with Gasteiger partial charge in [0.15, 0.2) is 5.82 Å². The van der Waals surface area contributed by atoms with E-state index < -0.39 is 0 Å². The quantitative estimate of drug-likeness (QED) is 0.417. The maximum atomic E-state index is 6.01. The van der Waals surface area contributed by atoms with Crippen molar-refractivity contribution < 1.29 is 0 Å². The van der Waals surface area contributed by atoms with Crippen molar-refractivity contribution in [1.82, 2.24) is 9.97 Å². The lowest BCUT2D eigenvalue weighted by atomic mass is 10.1. The standard InChI is InChI=1S/C22H18ClN3.ClH/c1-14-7-12-18(13-15(14)2)24-22-19-5-3-4-6-20(19)25-21(26-22)16-8-10-17(23)11-9-16;/h3-13H,1-2H3,(H,24,25,26);1H. The second-order valence-corrected chi connectivity index (χ2v) is 6.78. The van der Waals surface area contributed by atoms with E-state index in [1.165, 1.54) is 11.1 Å². The molecule has 0 radical (unpaired) electrons. The van der Waals surface area contributed by atoms with Crippen molar-refractivity contribution in [2.75, 3.05) is 5.32 Å². The maximum Gasteiger partial charge on any atom is 0.162 e. The first-order valence-corrected chi connectivity index (χ1v) is 8.85. The van der Waals surface area contributed by atoms with Crippen molar-refractivity contribution in [2.45, 2.75) is 13.8 Å². The summed E-state index contributed by atoms with van der Waals surface area (Å²) in [5, 5.41) is 5.15. The zero-order valence-electron chi connectivity index (χ0n) is 15.0. The summed E-state index contributed by atoms with van der Waals surface area (Å²) in [6.07, 6.45) is 0. The molecule has 1 heterocycles. The molecule has 0 aliphatic rings. The van der Waals surface area contributed by atoms with Crippen LogP contribution in [-0.4, -0.2) is 9.97 Å². The van der Waals surface area contributed by atoms with Gasteiger partial charge in [0.05, 0.1) is 5.52 Å². The van der Waals surface area contributed by atoms with E-state index in [2.05, 4.69) is 37.4 Å². The van der Waals surface area contributed by atoms with Crippen LogP contribution < -0.4 is 5.32 Å². The van der Waals surface area contributed by atoms with E-state index in [9.17, 15) is 0 Å². The van der Waals surface area contributed by atoms with Gasteiger partial charge in [-0.15, -0.1) is 12.4 Å². The van der Waals surface area contributed by atoms with Crippen molar-refractivity contribution in [3.05, 3.63) is 82.9 Å². The molecule has 0 spiro atoms. The summed E-state index contributed by atoms with van der Waals surface area (Å²) in [6.45, 7) is 4.22. The summed E-state index contributed by atoms with van der Waals surface area (Å²) >= 11 is 6.01. The summed E-state index contributed by atoms with van der Waals surface area (Å²) in [7, 11) is 0. The van der Waals surface area contributed by atoms with E-state index in [-0.39, 0.29) is 12.4 Å². The molecule has 4 aromatic rings. The Morgan fingerprint density at radius 1 is 0.815 bits per heavy atom. The third-order valence-electron chi connectivity index (χ3n) is 4.48. The number of fused-ring (bicyclic) bond motifs is 1. The van der Waals surface area contributed by atoms with E-state index >= 15 is 0 Å². The van der Waals surface area contributed by atoms with Crippen molar-refractivity contribution in [1.29, 1.82) is 0 Å². The van der Waals surface area contributed by atoms with Gasteiger partial charge in [-0.2, -0.15) is 0 Å². The smallest absolute Gasteiger partial charge is 0.162 e. The highest BCUT2D eigenvalue weighted by molar-refractivity contribution is 6.30. The fourth-order valence-electron chi connectivity index (χ4n) is 2.86. The van der Waals surface area contributed by atoms with Crippen LogP contribution in [0, 0.1) is 13.8 Å². The van der Waals surface area contributed by atoms with E-state index in [4.69, 9.17) is 21.6 Å². The van der Waals surface area contributed by atoms with Gasteiger partial charge in [0, 0.05) is 21.7 Å². The summed E-state index contributed by atoms with van der Waals surface area (Å²) in [5.74, 6) is 1.47. The number of hydrogen-bond donors (Lipinski definition) is 1. The number of benzene rings is 3. The van der Waals surface area contributed by atoms with Crippen LogP contribution >= 0.6 is 24.0 Å². The van der Waals surface area contributed by atoms with Gasteiger partial charge in [-0.3, -0.25) is 0 Å². The van der Waals surface area contributed by atoms with Crippen LogP contribution in [0.25, 0.3) is 22.3 Å². The number of anilines is 2. The predicted octanol–water partition coefficient (Wildman–Crippen LogP) is 6.73. The van der Waals surface area contributed by atoms with E-state index in [0.717, 1.165) is 28.0 Å². The van der Waals surface area contributed by atoms with Gasteiger partial charge in [-0.05, 0) is 73.5 Å². The number of halogens is 2. The maximum absolute atomic E-state index is 6.01. The molecule has 5 heteroatoms. The molecular formula is C22H19Cl2N3. The van der Waals surface area contributed by atoms with Crippen molar-refractivity contribution in [3.63, 3.8) is 0 Å². The Bertz CT molecular complexity index is 1090. The Labute approximate surface area is 169 Å². The molecule has 0 saturated heterocycles. The molecule has 1 N–H and O–H groups in total. The second-order valence-electron chi connectivity index (χ2n) is 6.34. The molecule has 0 bridgehead atoms. The summed E-state index contributed by atoms with van der Waals surface area (Å²) in [6, 6.07) is 21.9. The fraction of sp³-hybridized carbons (Fsp3) is 0.0909. The van der Waals surface area contributed by atoms with Gasteiger partial charge in [-0.1, -0.05) is 29.8 Å². The number of nitrogens with one attached hydrogen (secondary N) is 1. The molecule has 0 unspecified atom stereocenters. The molecule has 0 saturated carbocycles. The summed E-state index contributed by atoms with van der Waals surface area (Å²) < 4.78 is 0. The number of nitrogens with zero attached hydrogens (tertiary/aromatic N) is 2. The molecule has 0 atom stereocenters. The Morgan fingerprint density at radius 3 is 2.30 bits per heavy atom. The van der Waals surface area contributed by atoms with Crippen LogP contribution in [-0.2, 0) is 0 Å². The molecular weight excluding hydrogens is 377 g/mol. The highest BCUT2D eigenvalue weighted by Crippen LogP contribution is 2.28. The minimum atomic E-state index is 0. The average Bonchev–Trinajstić information content (AvgIpc) is 2.65. The number of para-hydroxylation sites is 1. The third-order valence-corrected chi connectivity index (χ3v) is 4.73. The van der Waals surface area contributed by atoms with Crippen molar-refractivity contribution in [2.24, 2.45) is 0 Å². The lowest BCUT2D eigenvalue weighted by Crippen LogP contribution is -2.00. The molecule has 27 heavy (non-hydrogen) atoms. The lowest BCUT2D eigenvalue weighted by molar-refractivity contribution is 1.22. The van der Waals surface area contributed by atoms with E-state index in [1.54, 1.807) is 0 Å². The number of hydrogen-bond acceptors (Lipinski definition) is 3. The molecule has 0 amide bonds. The summed E-state index contributed by atoms with van der Waals surface area (Å²) in [4.78, 5) is 9.50. The highest BCUT2D eigenvalue weighted by atomic mass is 35.5. The average molecular weight is 396 g/mol. The zero-order chi connectivity index (χ0) is 18.1. The Kier molecular flexibility index (Phi) is 5.64. The topological polar surface area (TPSA) is 37.8 Å². The molecule has 4 rings (SSSR count). The molecule has 3 aromatic carbocycles. The predicted molar refractivity (Wildman–Crippen MR) is 116 cm³/mol. The first kappa shape index (κ1) is 19.2. The fourth-order valence-corrected chi connectivity index (χ4v) is 2.98. The largest absolute Gasteiger partial charge is 0.340 e. The molecule has 0 aliphatic carbocycles.